The van der Waals surface area contributed by atoms with Gasteiger partial charge in [0, 0.05) is 0 Å². The first-order chi connectivity index (χ1) is 7.56. The average molecular weight is 325 g/mol. The highest BCUT2D eigenvalue weighted by Gasteiger charge is 2.19. The lowest BCUT2D eigenvalue weighted by molar-refractivity contribution is -0.00468. The van der Waals surface area contributed by atoms with Crippen LogP contribution in [0, 0.1) is 0 Å². The van der Waals surface area contributed by atoms with Crippen LogP contribution in [0.4, 0.5) is 0 Å². The molecular formula is C10H17BrN2O3S. The highest BCUT2D eigenvalue weighted by atomic mass is 79.9. The smallest absolute Gasteiger partial charge is 0.236 e. The fourth-order valence-electron chi connectivity index (χ4n) is 1.21. The van der Waals surface area contributed by atoms with E-state index in [2.05, 4.69) is 0 Å². The van der Waals surface area contributed by atoms with Crippen molar-refractivity contribution in [2.45, 2.75) is 13.0 Å². The van der Waals surface area contributed by atoms with Crippen LogP contribution in [-0.2, 0) is 16.6 Å². The molecule has 0 fully saturated rings. The van der Waals surface area contributed by atoms with Gasteiger partial charge in [-0.1, -0.05) is 34.8 Å². The molecule has 0 heterocycles. The number of nitrogens with two attached hydrogens (primary N) is 1. The van der Waals surface area contributed by atoms with E-state index in [1.165, 1.54) is 0 Å². The summed E-state index contributed by atoms with van der Waals surface area (Å²) in [5, 5.41) is 9.46. The number of rotatable bonds is 6. The molecule has 17 heavy (non-hydrogen) atoms. The van der Waals surface area contributed by atoms with Gasteiger partial charge in [0.1, 0.15) is 0 Å². The Labute approximate surface area is 112 Å². The minimum absolute atomic E-state index is 0. The quantitative estimate of drug-likeness (QED) is 0.768. The third kappa shape index (κ3) is 5.60. The van der Waals surface area contributed by atoms with Gasteiger partial charge in [-0.15, -0.1) is 17.0 Å². The van der Waals surface area contributed by atoms with Crippen molar-refractivity contribution >= 4 is 27.0 Å². The fraction of sp³-hybridized carbons (Fsp3) is 0.400. The van der Waals surface area contributed by atoms with Crippen molar-refractivity contribution < 1.29 is 13.6 Å². The van der Waals surface area contributed by atoms with Gasteiger partial charge in [0.2, 0.25) is 10.0 Å². The van der Waals surface area contributed by atoms with E-state index in [-0.39, 0.29) is 29.3 Å². The zero-order chi connectivity index (χ0) is 12.0. The molecule has 0 amide bonds. The monoisotopic (exact) mass is 324 g/mol. The van der Waals surface area contributed by atoms with Crippen molar-refractivity contribution in [3.8, 4) is 0 Å². The maximum absolute atomic E-state index is 11.5. The Balaban J connectivity index is 0.00000256. The molecule has 7 heteroatoms. The summed E-state index contributed by atoms with van der Waals surface area (Å²) in [6, 6.07) is 8.91. The predicted molar refractivity (Wildman–Crippen MR) is 71.6 cm³/mol. The van der Waals surface area contributed by atoms with Gasteiger partial charge in [0.05, 0.1) is 12.3 Å². The van der Waals surface area contributed by atoms with Crippen molar-refractivity contribution in [3.05, 3.63) is 35.9 Å². The molecule has 0 saturated carbocycles. The summed E-state index contributed by atoms with van der Waals surface area (Å²) in [4.78, 5) is 0. The number of nitrogens with zero attached hydrogens (tertiary/aromatic N) is 1. The van der Waals surface area contributed by atoms with Crippen LogP contribution in [0.3, 0.4) is 0 Å². The molecule has 0 spiro atoms. The van der Waals surface area contributed by atoms with Crippen LogP contribution in [0.25, 0.3) is 0 Å². The molecule has 0 radical (unpaired) electrons. The number of hydrogen-bond acceptors (Lipinski definition) is 4. The predicted octanol–water partition coefficient (Wildman–Crippen LogP) is 1.13. The molecule has 0 unspecified atom stereocenters. The maximum Gasteiger partial charge on any atom is 0.236 e. The van der Waals surface area contributed by atoms with Gasteiger partial charge in [-0.2, -0.15) is 0 Å². The second-order valence-electron chi connectivity index (χ2n) is 3.42. The summed E-state index contributed by atoms with van der Waals surface area (Å²) < 4.78 is 23.4. The van der Waals surface area contributed by atoms with Gasteiger partial charge in [-0.25, -0.2) is 8.42 Å². The molecule has 1 aromatic rings. The Morgan fingerprint density at radius 1 is 1.24 bits per heavy atom. The van der Waals surface area contributed by atoms with Gasteiger partial charge in [0.25, 0.3) is 0 Å². The Bertz CT molecular complexity index is 411. The second-order valence-corrected chi connectivity index (χ2v) is 5.42. The van der Waals surface area contributed by atoms with Crippen LogP contribution in [-0.4, -0.2) is 30.4 Å². The first-order valence-corrected chi connectivity index (χ1v) is 6.60. The van der Waals surface area contributed by atoms with Crippen molar-refractivity contribution in [3.63, 3.8) is 0 Å². The first kappa shape index (κ1) is 16.5. The minimum Gasteiger partial charge on any atom is -0.330 e. The normalized spacial score (nSPS) is 11.2. The maximum atomic E-state index is 11.5. The average Bonchev–Trinajstić information content (AvgIpc) is 2.28. The van der Waals surface area contributed by atoms with Crippen molar-refractivity contribution in [1.29, 1.82) is 0 Å². The summed E-state index contributed by atoms with van der Waals surface area (Å²) in [6.07, 6.45) is 0.341. The molecule has 98 valence electrons. The molecule has 0 aliphatic heterocycles. The topological polar surface area (TPSA) is 83.6 Å². The van der Waals surface area contributed by atoms with E-state index in [9.17, 15) is 13.6 Å². The van der Waals surface area contributed by atoms with E-state index in [1.807, 2.05) is 6.07 Å². The van der Waals surface area contributed by atoms with E-state index in [4.69, 9.17) is 5.73 Å². The van der Waals surface area contributed by atoms with E-state index in [0.29, 0.717) is 17.4 Å². The van der Waals surface area contributed by atoms with Crippen LogP contribution >= 0.6 is 17.0 Å². The third-order valence-corrected chi connectivity index (χ3v) is 3.66. The van der Waals surface area contributed by atoms with Crippen molar-refractivity contribution in [2.75, 3.05) is 12.3 Å². The number of hydroxylamine groups is 1. The lowest BCUT2D eigenvalue weighted by Crippen LogP contribution is -2.30. The van der Waals surface area contributed by atoms with Gasteiger partial charge >= 0.3 is 0 Å². The summed E-state index contributed by atoms with van der Waals surface area (Å²) in [5.74, 6) is -0.132. The highest BCUT2D eigenvalue weighted by molar-refractivity contribution is 8.93. The Kier molecular flexibility index (Phi) is 7.56. The van der Waals surface area contributed by atoms with Gasteiger partial charge in [-0.3, -0.25) is 5.21 Å². The molecule has 5 nitrogen and oxygen atoms in total. The van der Waals surface area contributed by atoms with E-state index in [1.54, 1.807) is 24.3 Å². The molecule has 0 aromatic heterocycles. The number of sulfonamides is 1. The molecule has 0 aliphatic carbocycles. The molecule has 0 aliphatic rings. The van der Waals surface area contributed by atoms with Crippen LogP contribution in [0.15, 0.2) is 30.3 Å². The van der Waals surface area contributed by atoms with Crippen LogP contribution in [0.2, 0.25) is 0 Å². The summed E-state index contributed by atoms with van der Waals surface area (Å²) in [6.45, 7) is 0.256. The van der Waals surface area contributed by atoms with E-state index < -0.39 is 10.0 Å². The number of benzene rings is 1. The molecule has 3 N–H and O–H groups in total. The standard InChI is InChI=1S/C10H16N2O3S.BrH/c11-7-4-8-16(14,15)12(13)9-10-5-2-1-3-6-10;/h1-3,5-6,13H,4,7-9,11H2;1H. The minimum atomic E-state index is -3.61. The lowest BCUT2D eigenvalue weighted by Gasteiger charge is -2.14. The molecule has 0 atom stereocenters. The lowest BCUT2D eigenvalue weighted by atomic mass is 10.2. The Hall–Kier alpha value is -0.470. The molecule has 0 bridgehead atoms. The number of hydrogen-bond donors (Lipinski definition) is 2. The fourth-order valence-corrected chi connectivity index (χ4v) is 2.30. The van der Waals surface area contributed by atoms with Gasteiger partial charge in [0.15, 0.2) is 0 Å². The summed E-state index contributed by atoms with van der Waals surface area (Å²) >= 11 is 0. The molecular weight excluding hydrogens is 308 g/mol. The van der Waals surface area contributed by atoms with Gasteiger partial charge in [-0.05, 0) is 18.5 Å². The van der Waals surface area contributed by atoms with Crippen LogP contribution in [0.5, 0.6) is 0 Å². The summed E-state index contributed by atoms with van der Waals surface area (Å²) in [7, 11) is -3.61. The third-order valence-electron chi connectivity index (χ3n) is 2.09. The second kappa shape index (κ2) is 7.78. The van der Waals surface area contributed by atoms with Crippen molar-refractivity contribution in [2.24, 2.45) is 5.73 Å². The van der Waals surface area contributed by atoms with Crippen LogP contribution < -0.4 is 5.73 Å². The highest BCUT2D eigenvalue weighted by Crippen LogP contribution is 2.07. The molecule has 1 rings (SSSR count). The number of halogens is 1. The van der Waals surface area contributed by atoms with E-state index in [0.717, 1.165) is 5.56 Å². The largest absolute Gasteiger partial charge is 0.330 e. The van der Waals surface area contributed by atoms with Crippen LogP contribution in [0.1, 0.15) is 12.0 Å². The first-order valence-electron chi connectivity index (χ1n) is 4.99. The van der Waals surface area contributed by atoms with E-state index >= 15 is 0 Å². The zero-order valence-electron chi connectivity index (χ0n) is 9.32. The SMILES string of the molecule is Br.NCCCS(=O)(=O)N(O)Cc1ccccc1. The Morgan fingerprint density at radius 3 is 2.35 bits per heavy atom. The molecule has 1 aromatic carbocycles. The summed E-state index contributed by atoms with van der Waals surface area (Å²) in [5.41, 5.74) is 5.96. The Morgan fingerprint density at radius 2 is 1.82 bits per heavy atom. The van der Waals surface area contributed by atoms with Gasteiger partial charge < -0.3 is 5.73 Å². The van der Waals surface area contributed by atoms with Crippen molar-refractivity contribution in [1.82, 2.24) is 4.47 Å². The zero-order valence-corrected chi connectivity index (χ0v) is 11.8. The molecule has 0 saturated heterocycles.